The Morgan fingerprint density at radius 2 is 1.64 bits per heavy atom. The normalized spacial score (nSPS) is 14.4. The number of hydrogen-bond acceptors (Lipinski definition) is 4. The van der Waals surface area contributed by atoms with Gasteiger partial charge in [-0.2, -0.15) is 0 Å². The maximum Gasteiger partial charge on any atom is 0.282 e. The van der Waals surface area contributed by atoms with Crippen LogP contribution in [-0.4, -0.2) is 42.0 Å². The van der Waals surface area contributed by atoms with Crippen molar-refractivity contribution in [2.24, 2.45) is 0 Å². The van der Waals surface area contributed by atoms with Gasteiger partial charge in [0.1, 0.15) is 11.5 Å². The monoisotopic (exact) mass is 340 g/mol. The zero-order valence-electron chi connectivity index (χ0n) is 13.6. The molecule has 0 atom stereocenters. The van der Waals surface area contributed by atoms with E-state index in [1.165, 1.54) is 23.1 Å². The highest BCUT2D eigenvalue weighted by atomic mass is 19.1. The van der Waals surface area contributed by atoms with Crippen LogP contribution >= 0.6 is 0 Å². The number of aliphatic hydroxyl groups is 1. The Bertz CT molecular complexity index is 849. The molecule has 1 aliphatic heterocycles. The predicted octanol–water partition coefficient (Wildman–Crippen LogP) is 2.03. The van der Waals surface area contributed by atoms with Gasteiger partial charge in [0.15, 0.2) is 0 Å². The molecule has 2 aromatic rings. The summed E-state index contributed by atoms with van der Waals surface area (Å²) in [5.74, 6) is -1.84. The molecule has 5 nitrogen and oxygen atoms in total. The van der Waals surface area contributed by atoms with E-state index in [2.05, 4.69) is 0 Å². The minimum atomic E-state index is -0.650. The van der Waals surface area contributed by atoms with Gasteiger partial charge in [-0.25, -0.2) is 9.29 Å². The number of nitrogens with zero attached hydrogens (tertiary/aromatic N) is 2. The van der Waals surface area contributed by atoms with Crippen LogP contribution in [0.25, 0.3) is 5.57 Å². The van der Waals surface area contributed by atoms with Crippen molar-refractivity contribution in [1.82, 2.24) is 4.90 Å². The van der Waals surface area contributed by atoms with Crippen LogP contribution in [0.1, 0.15) is 5.56 Å². The Morgan fingerprint density at radius 1 is 1.00 bits per heavy atom. The van der Waals surface area contributed by atoms with Gasteiger partial charge in [0.25, 0.3) is 11.8 Å². The van der Waals surface area contributed by atoms with E-state index in [1.54, 1.807) is 43.4 Å². The summed E-state index contributed by atoms with van der Waals surface area (Å²) in [6.45, 7) is -0.000955. The van der Waals surface area contributed by atoms with E-state index >= 15 is 0 Å². The van der Waals surface area contributed by atoms with E-state index in [1.807, 2.05) is 0 Å². The van der Waals surface area contributed by atoms with Gasteiger partial charge < -0.3 is 10.0 Å². The fraction of sp³-hybridized carbons (Fsp3) is 0.158. The van der Waals surface area contributed by atoms with E-state index in [0.29, 0.717) is 5.56 Å². The zero-order chi connectivity index (χ0) is 18.0. The molecule has 0 aliphatic carbocycles. The molecule has 0 unspecified atom stereocenters. The summed E-state index contributed by atoms with van der Waals surface area (Å²) in [4.78, 5) is 28.3. The van der Waals surface area contributed by atoms with Crippen LogP contribution in [0.5, 0.6) is 0 Å². The van der Waals surface area contributed by atoms with Crippen molar-refractivity contribution in [2.75, 3.05) is 25.1 Å². The van der Waals surface area contributed by atoms with E-state index < -0.39 is 17.6 Å². The third kappa shape index (κ3) is 2.92. The molecule has 1 N–H and O–H groups in total. The maximum atomic E-state index is 14.2. The molecular weight excluding hydrogens is 323 g/mol. The molecule has 0 bridgehead atoms. The van der Waals surface area contributed by atoms with Gasteiger partial charge in [0.2, 0.25) is 0 Å². The lowest BCUT2D eigenvalue weighted by Crippen LogP contribution is -2.35. The van der Waals surface area contributed by atoms with Crippen LogP contribution in [0.15, 0.2) is 60.3 Å². The summed E-state index contributed by atoms with van der Waals surface area (Å²) in [5, 5.41) is 9.20. The molecule has 0 fully saturated rings. The summed E-state index contributed by atoms with van der Waals surface area (Å²) in [6, 6.07) is 14.4. The van der Waals surface area contributed by atoms with Crippen LogP contribution in [0.2, 0.25) is 0 Å². The molecule has 3 rings (SSSR count). The predicted molar refractivity (Wildman–Crippen MR) is 92.0 cm³/mol. The molecule has 25 heavy (non-hydrogen) atoms. The molecule has 2 amide bonds. The molecule has 1 heterocycles. The van der Waals surface area contributed by atoms with Gasteiger partial charge in [-0.1, -0.05) is 42.5 Å². The molecule has 6 heteroatoms. The minimum absolute atomic E-state index is 0.0849. The third-order valence-electron chi connectivity index (χ3n) is 4.03. The molecule has 128 valence electrons. The van der Waals surface area contributed by atoms with E-state index in [4.69, 9.17) is 0 Å². The van der Waals surface area contributed by atoms with Gasteiger partial charge in [-0.3, -0.25) is 9.59 Å². The summed E-state index contributed by atoms with van der Waals surface area (Å²) in [7, 11) is 1.62. The molecule has 0 saturated heterocycles. The number of likely N-dealkylation sites (N-methyl/N-ethyl adjacent to an activating group) is 1. The molecule has 2 aromatic carbocycles. The lowest BCUT2D eigenvalue weighted by atomic mass is 10.0. The van der Waals surface area contributed by atoms with Crippen molar-refractivity contribution in [3.05, 3.63) is 71.7 Å². The van der Waals surface area contributed by atoms with Crippen LogP contribution in [0, 0.1) is 5.82 Å². The Balaban J connectivity index is 2.15. The Labute approximate surface area is 144 Å². The number of carbonyl (C=O) groups excluding carboxylic acids is 2. The van der Waals surface area contributed by atoms with Gasteiger partial charge in [0, 0.05) is 13.6 Å². The maximum absolute atomic E-state index is 14.2. The van der Waals surface area contributed by atoms with Gasteiger partial charge in [0.05, 0.1) is 17.9 Å². The average Bonchev–Trinajstić information content (AvgIpc) is 2.87. The third-order valence-corrected chi connectivity index (χ3v) is 4.03. The number of hydrogen-bond donors (Lipinski definition) is 1. The van der Waals surface area contributed by atoms with Crippen LogP contribution in [-0.2, 0) is 9.59 Å². The van der Waals surface area contributed by atoms with Crippen molar-refractivity contribution in [2.45, 2.75) is 0 Å². The van der Waals surface area contributed by atoms with Crippen molar-refractivity contribution in [1.29, 1.82) is 0 Å². The number of amides is 2. The molecule has 0 radical (unpaired) electrons. The second-order valence-electron chi connectivity index (χ2n) is 5.63. The Hall–Kier alpha value is -2.99. The Kier molecular flexibility index (Phi) is 4.63. The van der Waals surface area contributed by atoms with Crippen LogP contribution < -0.4 is 4.90 Å². The number of rotatable bonds is 5. The van der Waals surface area contributed by atoms with Crippen molar-refractivity contribution < 1.29 is 19.1 Å². The summed E-state index contributed by atoms with van der Waals surface area (Å²) in [6.07, 6.45) is 0. The lowest BCUT2D eigenvalue weighted by Gasteiger charge is -2.20. The molecular formula is C19H17FN2O3. The SMILES string of the molecule is CN(CCO)C1=C(c2ccccc2)C(=O)N(c2ccccc2F)C1=O. The highest BCUT2D eigenvalue weighted by Gasteiger charge is 2.42. The quantitative estimate of drug-likeness (QED) is 0.846. The zero-order valence-corrected chi connectivity index (χ0v) is 13.6. The molecule has 1 aliphatic rings. The number of benzene rings is 2. The van der Waals surface area contributed by atoms with Crippen LogP contribution in [0.3, 0.4) is 0 Å². The lowest BCUT2D eigenvalue weighted by molar-refractivity contribution is -0.120. The first-order valence-corrected chi connectivity index (χ1v) is 7.81. The van der Waals surface area contributed by atoms with Crippen LogP contribution in [0.4, 0.5) is 10.1 Å². The fourth-order valence-electron chi connectivity index (χ4n) is 2.85. The number of halogens is 1. The largest absolute Gasteiger partial charge is 0.395 e. The van der Waals surface area contributed by atoms with Gasteiger partial charge >= 0.3 is 0 Å². The van der Waals surface area contributed by atoms with Crippen molar-refractivity contribution in [3.63, 3.8) is 0 Å². The molecule has 0 spiro atoms. The highest BCUT2D eigenvalue weighted by molar-refractivity contribution is 6.45. The topological polar surface area (TPSA) is 60.9 Å². The van der Waals surface area contributed by atoms with E-state index in [-0.39, 0.29) is 30.1 Å². The second kappa shape index (κ2) is 6.86. The van der Waals surface area contributed by atoms with Gasteiger partial charge in [-0.05, 0) is 17.7 Å². The highest BCUT2D eigenvalue weighted by Crippen LogP contribution is 2.35. The van der Waals surface area contributed by atoms with Gasteiger partial charge in [-0.15, -0.1) is 0 Å². The average molecular weight is 340 g/mol. The Morgan fingerprint density at radius 3 is 2.28 bits per heavy atom. The summed E-state index contributed by atoms with van der Waals surface area (Å²) in [5.41, 5.74) is 0.830. The van der Waals surface area contributed by atoms with E-state index in [9.17, 15) is 19.1 Å². The van der Waals surface area contributed by atoms with Crippen molar-refractivity contribution in [3.8, 4) is 0 Å². The second-order valence-corrected chi connectivity index (χ2v) is 5.63. The number of anilines is 1. The fourth-order valence-corrected chi connectivity index (χ4v) is 2.85. The summed E-state index contributed by atoms with van der Waals surface area (Å²) < 4.78 is 14.2. The number of carbonyl (C=O) groups is 2. The first kappa shape index (κ1) is 16.9. The minimum Gasteiger partial charge on any atom is -0.395 e. The number of para-hydroxylation sites is 1. The van der Waals surface area contributed by atoms with E-state index in [0.717, 1.165) is 4.90 Å². The molecule has 0 saturated carbocycles. The summed E-state index contributed by atoms with van der Waals surface area (Å²) >= 11 is 0. The van der Waals surface area contributed by atoms with Crippen molar-refractivity contribution >= 4 is 23.1 Å². The number of aliphatic hydroxyl groups excluding tert-OH is 1. The standard InChI is InChI=1S/C19H17FN2O3/c1-21(11-12-23)17-16(13-7-3-2-4-8-13)18(24)22(19(17)25)15-10-6-5-9-14(15)20/h2-10,23H,11-12H2,1H3. The molecule has 0 aromatic heterocycles. The first-order valence-electron chi connectivity index (χ1n) is 7.81. The number of imide groups is 1. The first-order chi connectivity index (χ1) is 12.1. The smallest absolute Gasteiger partial charge is 0.282 e.